The Morgan fingerprint density at radius 2 is 1.93 bits per heavy atom. The fourth-order valence-electron chi connectivity index (χ4n) is 2.83. The Labute approximate surface area is 173 Å². The van der Waals surface area contributed by atoms with Gasteiger partial charge in [-0.05, 0) is 48.4 Å². The van der Waals surface area contributed by atoms with Crippen LogP contribution < -0.4 is 19.5 Å². The van der Waals surface area contributed by atoms with E-state index in [1.54, 1.807) is 12.1 Å². The van der Waals surface area contributed by atoms with Crippen molar-refractivity contribution in [2.75, 3.05) is 26.9 Å². The molecule has 0 bridgehead atoms. The zero-order valence-electron chi connectivity index (χ0n) is 16.6. The minimum atomic E-state index is -0.714. The largest absolute Gasteiger partial charge is 0.494 e. The van der Waals surface area contributed by atoms with Crippen molar-refractivity contribution in [3.63, 3.8) is 0 Å². The van der Waals surface area contributed by atoms with Crippen LogP contribution in [-0.4, -0.2) is 38.8 Å². The first-order valence-corrected chi connectivity index (χ1v) is 9.33. The van der Waals surface area contributed by atoms with Gasteiger partial charge in [0.25, 0.3) is 5.91 Å². The average Bonchev–Trinajstić information content (AvgIpc) is 2.76. The van der Waals surface area contributed by atoms with E-state index in [1.165, 1.54) is 25.3 Å². The van der Waals surface area contributed by atoms with Gasteiger partial charge in [0.15, 0.2) is 29.7 Å². The van der Waals surface area contributed by atoms with Crippen molar-refractivity contribution in [1.82, 2.24) is 5.32 Å². The monoisotopic (exact) mass is 415 g/mol. The van der Waals surface area contributed by atoms with Gasteiger partial charge < -0.3 is 24.3 Å². The highest BCUT2D eigenvalue weighted by molar-refractivity contribution is 5.89. The lowest BCUT2D eigenvalue weighted by Crippen LogP contribution is -2.31. The van der Waals surface area contributed by atoms with Gasteiger partial charge >= 0.3 is 5.97 Å². The second-order valence-electron chi connectivity index (χ2n) is 6.53. The number of methoxy groups -OCH3 is 1. The predicted octanol–water partition coefficient (Wildman–Crippen LogP) is 3.04. The number of carbonyl (C=O) groups excluding carboxylic acids is 2. The van der Waals surface area contributed by atoms with Crippen molar-refractivity contribution in [1.29, 1.82) is 0 Å². The molecular weight excluding hydrogens is 393 g/mol. The number of esters is 1. The molecule has 7 nitrogen and oxygen atoms in total. The first kappa shape index (κ1) is 21.2. The van der Waals surface area contributed by atoms with E-state index in [1.807, 2.05) is 19.1 Å². The fourth-order valence-corrected chi connectivity index (χ4v) is 2.83. The number of ether oxygens (including phenoxy) is 4. The highest BCUT2D eigenvalue weighted by atomic mass is 19.1. The molecule has 0 aliphatic carbocycles. The van der Waals surface area contributed by atoms with Gasteiger partial charge in [-0.15, -0.1) is 0 Å². The summed E-state index contributed by atoms with van der Waals surface area (Å²) in [5, 5.41) is 2.75. The summed E-state index contributed by atoms with van der Waals surface area (Å²) in [7, 11) is 1.37. The molecular formula is C22H22FNO6. The number of amides is 1. The van der Waals surface area contributed by atoms with Gasteiger partial charge in [0.2, 0.25) is 0 Å². The van der Waals surface area contributed by atoms with E-state index >= 15 is 0 Å². The Morgan fingerprint density at radius 3 is 2.67 bits per heavy atom. The molecule has 1 aliphatic heterocycles. The fraction of sp³-hybridized carbons (Fsp3) is 0.273. The van der Waals surface area contributed by atoms with Crippen molar-refractivity contribution in [2.24, 2.45) is 0 Å². The van der Waals surface area contributed by atoms with Crippen LogP contribution in [0.15, 0.2) is 42.5 Å². The van der Waals surface area contributed by atoms with E-state index in [0.717, 1.165) is 11.6 Å². The summed E-state index contributed by atoms with van der Waals surface area (Å²) in [5.41, 5.74) is 1.29. The van der Waals surface area contributed by atoms with E-state index in [9.17, 15) is 14.0 Å². The molecule has 1 amide bonds. The highest BCUT2D eigenvalue weighted by Crippen LogP contribution is 2.32. The number of hydrogen-bond donors (Lipinski definition) is 1. The molecule has 0 fully saturated rings. The van der Waals surface area contributed by atoms with E-state index in [0.29, 0.717) is 30.3 Å². The molecule has 8 heteroatoms. The molecule has 0 unspecified atom stereocenters. The third kappa shape index (κ3) is 5.50. The van der Waals surface area contributed by atoms with Crippen LogP contribution in [0.3, 0.4) is 0 Å². The topological polar surface area (TPSA) is 83.1 Å². The quantitative estimate of drug-likeness (QED) is 0.553. The van der Waals surface area contributed by atoms with Gasteiger partial charge in [-0.25, -0.2) is 9.18 Å². The Kier molecular flexibility index (Phi) is 6.90. The Hall–Kier alpha value is -3.55. The zero-order chi connectivity index (χ0) is 21.5. The first-order chi connectivity index (χ1) is 14.5. The number of carbonyl (C=O) groups is 2. The normalized spacial score (nSPS) is 13.6. The van der Waals surface area contributed by atoms with E-state index in [-0.39, 0.29) is 11.8 Å². The molecule has 0 aromatic heterocycles. The van der Waals surface area contributed by atoms with E-state index in [2.05, 4.69) is 5.32 Å². The van der Waals surface area contributed by atoms with Gasteiger partial charge in [-0.2, -0.15) is 0 Å². The summed E-state index contributed by atoms with van der Waals surface area (Å²) in [6.07, 6.45) is 2.51. The van der Waals surface area contributed by atoms with Crippen LogP contribution in [0.1, 0.15) is 24.1 Å². The first-order valence-electron chi connectivity index (χ1n) is 9.33. The standard InChI is InChI=1S/C22H22FNO6/c1-14(16-5-7-19-20(12-16)29-10-9-28-19)24-21(25)13-30-22(26)8-4-15-3-6-18(27-2)17(23)11-15/h3-8,11-12,14H,9-10,13H2,1-2H3,(H,24,25)/b8-4+/t14-/m1/s1. The van der Waals surface area contributed by atoms with Gasteiger partial charge in [0, 0.05) is 6.08 Å². The third-order valence-electron chi connectivity index (χ3n) is 4.38. The molecule has 1 atom stereocenters. The van der Waals surface area contributed by atoms with Crippen LogP contribution in [0.5, 0.6) is 17.2 Å². The van der Waals surface area contributed by atoms with E-state index in [4.69, 9.17) is 18.9 Å². The molecule has 30 heavy (non-hydrogen) atoms. The Bertz CT molecular complexity index is 959. The van der Waals surface area contributed by atoms with Crippen LogP contribution in [0.25, 0.3) is 6.08 Å². The van der Waals surface area contributed by atoms with Gasteiger partial charge in [-0.1, -0.05) is 12.1 Å². The maximum atomic E-state index is 13.6. The number of nitrogens with one attached hydrogen (secondary N) is 1. The molecule has 0 saturated carbocycles. The maximum absolute atomic E-state index is 13.6. The summed E-state index contributed by atoms with van der Waals surface area (Å²) in [5.74, 6) is -0.297. The van der Waals surface area contributed by atoms with Crippen LogP contribution in [-0.2, 0) is 14.3 Å². The second kappa shape index (κ2) is 9.78. The lowest BCUT2D eigenvalue weighted by Gasteiger charge is -2.21. The second-order valence-corrected chi connectivity index (χ2v) is 6.53. The van der Waals surface area contributed by atoms with E-state index < -0.39 is 24.3 Å². The van der Waals surface area contributed by atoms with Crippen LogP contribution in [0.4, 0.5) is 4.39 Å². The van der Waals surface area contributed by atoms with Crippen LogP contribution >= 0.6 is 0 Å². The summed E-state index contributed by atoms with van der Waals surface area (Å²) < 4.78 is 34.4. The van der Waals surface area contributed by atoms with Gasteiger partial charge in [0.1, 0.15) is 13.2 Å². The summed E-state index contributed by atoms with van der Waals surface area (Å²) >= 11 is 0. The average molecular weight is 415 g/mol. The smallest absolute Gasteiger partial charge is 0.331 e. The number of hydrogen-bond acceptors (Lipinski definition) is 6. The van der Waals surface area contributed by atoms with Crippen molar-refractivity contribution in [3.05, 3.63) is 59.4 Å². The molecule has 3 rings (SSSR count). The molecule has 0 saturated heterocycles. The van der Waals surface area contributed by atoms with Gasteiger partial charge in [-0.3, -0.25) is 4.79 Å². The molecule has 2 aromatic carbocycles. The molecule has 158 valence electrons. The molecule has 1 N–H and O–H groups in total. The number of benzene rings is 2. The SMILES string of the molecule is COc1ccc(/C=C/C(=O)OCC(=O)N[C@H](C)c2ccc3c(c2)OCCO3)cc1F. The number of fused-ring (bicyclic) bond motifs is 1. The van der Waals surface area contributed by atoms with Crippen LogP contribution in [0, 0.1) is 5.82 Å². The molecule has 1 heterocycles. The molecule has 0 radical (unpaired) electrons. The predicted molar refractivity (Wildman–Crippen MR) is 107 cm³/mol. The maximum Gasteiger partial charge on any atom is 0.331 e. The van der Waals surface area contributed by atoms with Crippen molar-refractivity contribution in [3.8, 4) is 17.2 Å². The van der Waals surface area contributed by atoms with Crippen molar-refractivity contribution < 1.29 is 32.9 Å². The Morgan fingerprint density at radius 1 is 1.17 bits per heavy atom. The third-order valence-corrected chi connectivity index (χ3v) is 4.38. The summed E-state index contributed by atoms with van der Waals surface area (Å²) in [6, 6.07) is 9.39. The van der Waals surface area contributed by atoms with Crippen LogP contribution in [0.2, 0.25) is 0 Å². The molecule has 1 aliphatic rings. The Balaban J connectivity index is 1.48. The van der Waals surface area contributed by atoms with Crippen molar-refractivity contribution in [2.45, 2.75) is 13.0 Å². The minimum Gasteiger partial charge on any atom is -0.494 e. The number of halogens is 1. The summed E-state index contributed by atoms with van der Waals surface area (Å²) in [6.45, 7) is 2.36. The van der Waals surface area contributed by atoms with Crippen molar-refractivity contribution >= 4 is 18.0 Å². The van der Waals surface area contributed by atoms with Gasteiger partial charge in [0.05, 0.1) is 13.2 Å². The highest BCUT2D eigenvalue weighted by Gasteiger charge is 2.16. The zero-order valence-corrected chi connectivity index (χ0v) is 16.6. The lowest BCUT2D eigenvalue weighted by molar-refractivity contribution is -0.144. The molecule has 0 spiro atoms. The summed E-state index contributed by atoms with van der Waals surface area (Å²) in [4.78, 5) is 23.9. The minimum absolute atomic E-state index is 0.110. The number of rotatable bonds is 7. The lowest BCUT2D eigenvalue weighted by atomic mass is 10.1. The molecule has 2 aromatic rings.